The van der Waals surface area contributed by atoms with Crippen LogP contribution in [0.5, 0.6) is 5.75 Å². The minimum atomic E-state index is -0.0823. The van der Waals surface area contributed by atoms with Gasteiger partial charge in [-0.25, -0.2) is 0 Å². The SMILES string of the molecule is Cc1cc(OCCCC(Cc2ccc3ccn(C)c3c2)c2ccc(Cl)c(-c3c(C)nn(C)c3C)c2NCC(C)NC=O)cc(C)c1Cl. The topological polar surface area (TPSA) is 73.1 Å². The predicted molar refractivity (Wildman–Crippen MR) is 195 cm³/mol. The first kappa shape index (κ1) is 34.4. The molecule has 5 rings (SSSR count). The Labute approximate surface area is 288 Å². The fourth-order valence-corrected chi connectivity index (χ4v) is 6.89. The number of hydrogen-bond donors (Lipinski definition) is 2. The van der Waals surface area contributed by atoms with Gasteiger partial charge < -0.3 is 19.9 Å². The van der Waals surface area contributed by atoms with Crippen LogP contribution in [0.2, 0.25) is 10.0 Å². The van der Waals surface area contributed by atoms with Crippen molar-refractivity contribution in [2.24, 2.45) is 14.1 Å². The molecule has 248 valence electrons. The number of nitrogens with one attached hydrogen (secondary N) is 2. The molecule has 5 aromatic rings. The van der Waals surface area contributed by atoms with Gasteiger partial charge in [-0.1, -0.05) is 41.4 Å². The molecule has 7 nitrogen and oxygen atoms in total. The maximum absolute atomic E-state index is 11.2. The van der Waals surface area contributed by atoms with Crippen molar-refractivity contribution in [3.8, 4) is 16.9 Å². The minimum absolute atomic E-state index is 0.0823. The first-order chi connectivity index (χ1) is 22.5. The second kappa shape index (κ2) is 14.9. The lowest BCUT2D eigenvalue weighted by atomic mass is 9.84. The van der Waals surface area contributed by atoms with Gasteiger partial charge in [0, 0.05) is 65.9 Å². The summed E-state index contributed by atoms with van der Waals surface area (Å²) in [4.78, 5) is 11.2. The van der Waals surface area contributed by atoms with Crippen molar-refractivity contribution < 1.29 is 9.53 Å². The van der Waals surface area contributed by atoms with Crippen LogP contribution in [0.1, 0.15) is 59.3 Å². The van der Waals surface area contributed by atoms with Crippen LogP contribution in [0.15, 0.2) is 54.7 Å². The Kier molecular flexibility index (Phi) is 10.9. The predicted octanol–water partition coefficient (Wildman–Crippen LogP) is 8.85. The summed E-state index contributed by atoms with van der Waals surface area (Å²) in [6, 6.07) is 17.0. The molecule has 2 aromatic heterocycles. The van der Waals surface area contributed by atoms with Gasteiger partial charge in [-0.15, -0.1) is 0 Å². The van der Waals surface area contributed by atoms with Crippen molar-refractivity contribution in [2.45, 2.75) is 65.8 Å². The molecule has 0 aliphatic carbocycles. The van der Waals surface area contributed by atoms with E-state index < -0.39 is 0 Å². The zero-order valence-electron chi connectivity index (χ0n) is 28.4. The lowest BCUT2D eigenvalue weighted by Gasteiger charge is -2.26. The van der Waals surface area contributed by atoms with E-state index in [0.29, 0.717) is 18.2 Å². The Balaban J connectivity index is 1.55. The highest BCUT2D eigenvalue weighted by Crippen LogP contribution is 2.44. The number of ether oxygens (including phenoxy) is 1. The number of anilines is 1. The van der Waals surface area contributed by atoms with Crippen LogP contribution in [0, 0.1) is 27.7 Å². The second-order valence-corrected chi connectivity index (χ2v) is 13.5. The van der Waals surface area contributed by atoms with E-state index in [9.17, 15) is 4.79 Å². The second-order valence-electron chi connectivity index (χ2n) is 12.7. The monoisotopic (exact) mass is 673 g/mol. The van der Waals surface area contributed by atoms with Crippen LogP contribution in [-0.2, 0) is 25.3 Å². The summed E-state index contributed by atoms with van der Waals surface area (Å²) in [7, 11) is 4.04. The van der Waals surface area contributed by atoms with Crippen LogP contribution >= 0.6 is 23.2 Å². The lowest BCUT2D eigenvalue weighted by Crippen LogP contribution is -2.32. The van der Waals surface area contributed by atoms with E-state index in [1.54, 1.807) is 0 Å². The number of fused-ring (bicyclic) bond motifs is 1. The fraction of sp³-hybridized carbons (Fsp3) is 0.368. The number of nitrogens with zero attached hydrogens (tertiary/aromatic N) is 3. The van der Waals surface area contributed by atoms with Crippen LogP contribution in [0.25, 0.3) is 22.0 Å². The Morgan fingerprint density at radius 3 is 2.40 bits per heavy atom. The summed E-state index contributed by atoms with van der Waals surface area (Å²) < 4.78 is 10.3. The Hall–Kier alpha value is -3.94. The van der Waals surface area contributed by atoms with E-state index in [1.165, 1.54) is 22.0 Å². The molecule has 2 N–H and O–H groups in total. The molecule has 0 bridgehead atoms. The van der Waals surface area contributed by atoms with Crippen molar-refractivity contribution in [3.63, 3.8) is 0 Å². The highest BCUT2D eigenvalue weighted by molar-refractivity contribution is 6.34. The maximum atomic E-state index is 11.2. The molecule has 9 heteroatoms. The number of carbonyl (C=O) groups is 1. The van der Waals surface area contributed by atoms with E-state index in [4.69, 9.17) is 33.0 Å². The molecule has 0 saturated carbocycles. The van der Waals surface area contributed by atoms with Crippen LogP contribution < -0.4 is 15.4 Å². The van der Waals surface area contributed by atoms with Crippen LogP contribution in [0.4, 0.5) is 5.69 Å². The van der Waals surface area contributed by atoms with Crippen LogP contribution in [-0.4, -0.2) is 40.0 Å². The molecule has 1 amide bonds. The molecule has 0 aliphatic heterocycles. The molecular formula is C38H45Cl2N5O2. The maximum Gasteiger partial charge on any atom is 0.207 e. The molecule has 0 spiro atoms. The quantitative estimate of drug-likeness (QED) is 0.0912. The van der Waals surface area contributed by atoms with Crippen molar-refractivity contribution in [3.05, 3.63) is 98.4 Å². The van der Waals surface area contributed by atoms with Gasteiger partial charge in [0.2, 0.25) is 6.41 Å². The number of hydrogen-bond acceptors (Lipinski definition) is 4. The largest absolute Gasteiger partial charge is 0.494 e. The number of halogens is 2. The van der Waals surface area contributed by atoms with Gasteiger partial charge in [-0.05, 0) is 118 Å². The highest BCUT2D eigenvalue weighted by atomic mass is 35.5. The highest BCUT2D eigenvalue weighted by Gasteiger charge is 2.25. The normalized spacial score (nSPS) is 12.7. The molecule has 3 aromatic carbocycles. The third kappa shape index (κ3) is 7.63. The first-order valence-corrected chi connectivity index (χ1v) is 16.9. The average molecular weight is 675 g/mol. The summed E-state index contributed by atoms with van der Waals surface area (Å²) in [5.41, 5.74) is 10.6. The van der Waals surface area contributed by atoms with Gasteiger partial charge in [0.1, 0.15) is 5.75 Å². The van der Waals surface area contributed by atoms with E-state index >= 15 is 0 Å². The molecule has 47 heavy (non-hydrogen) atoms. The zero-order valence-corrected chi connectivity index (χ0v) is 29.9. The number of aryl methyl sites for hydroxylation is 5. The molecule has 2 unspecified atom stereocenters. The van der Waals surface area contributed by atoms with Gasteiger partial charge in [0.15, 0.2) is 0 Å². The molecule has 0 saturated heterocycles. The smallest absolute Gasteiger partial charge is 0.207 e. The Morgan fingerprint density at radius 2 is 1.72 bits per heavy atom. The van der Waals surface area contributed by atoms with Gasteiger partial charge in [0.05, 0.1) is 17.3 Å². The summed E-state index contributed by atoms with van der Waals surface area (Å²) in [6.45, 7) is 11.2. The van der Waals surface area contributed by atoms with Gasteiger partial charge >= 0.3 is 0 Å². The molecule has 0 radical (unpaired) electrons. The zero-order chi connectivity index (χ0) is 33.8. The number of benzene rings is 3. The molecular weight excluding hydrogens is 629 g/mol. The summed E-state index contributed by atoms with van der Waals surface area (Å²) in [5.74, 6) is 0.987. The molecule has 0 fully saturated rings. The van der Waals surface area contributed by atoms with E-state index in [1.807, 2.05) is 57.6 Å². The van der Waals surface area contributed by atoms with Crippen molar-refractivity contribution in [1.82, 2.24) is 19.7 Å². The summed E-state index contributed by atoms with van der Waals surface area (Å²) >= 11 is 13.5. The first-order valence-electron chi connectivity index (χ1n) is 16.2. The number of carbonyl (C=O) groups excluding carboxylic acids is 1. The average Bonchev–Trinajstić information content (AvgIpc) is 3.52. The van der Waals surface area contributed by atoms with E-state index in [2.05, 4.69) is 65.7 Å². The summed E-state index contributed by atoms with van der Waals surface area (Å²) in [6.07, 6.45) is 5.42. The van der Waals surface area contributed by atoms with Crippen LogP contribution in [0.3, 0.4) is 0 Å². The minimum Gasteiger partial charge on any atom is -0.494 e. The van der Waals surface area contributed by atoms with Crippen molar-refractivity contribution in [2.75, 3.05) is 18.5 Å². The third-order valence-corrected chi connectivity index (χ3v) is 10.0. The summed E-state index contributed by atoms with van der Waals surface area (Å²) in [5, 5.41) is 14.0. The lowest BCUT2D eigenvalue weighted by molar-refractivity contribution is -0.110. The van der Waals surface area contributed by atoms with E-state index in [0.717, 1.165) is 75.8 Å². The van der Waals surface area contributed by atoms with Gasteiger partial charge in [-0.3, -0.25) is 9.48 Å². The number of rotatable bonds is 14. The Morgan fingerprint density at radius 1 is 0.979 bits per heavy atom. The number of aromatic nitrogens is 3. The fourth-order valence-electron chi connectivity index (χ4n) is 6.53. The number of amides is 1. The standard InChI is InChI=1S/C38H45Cl2N5O2/c1-23-17-31(18-24(2)37(23)40)47-16-8-9-30(19-28-10-11-29-14-15-44(6)34(29)20-28)32-12-13-33(39)36(35-26(4)43-45(7)27(35)5)38(32)41-21-25(3)42-22-46/h10-15,17-18,20,22,25,30,41H,8-9,16,19,21H2,1-7H3,(H,42,46). The van der Waals surface area contributed by atoms with Gasteiger partial charge in [0.25, 0.3) is 0 Å². The third-order valence-electron chi connectivity index (χ3n) is 9.13. The van der Waals surface area contributed by atoms with Gasteiger partial charge in [-0.2, -0.15) is 5.10 Å². The van der Waals surface area contributed by atoms with E-state index in [-0.39, 0.29) is 12.0 Å². The Bertz CT molecular complexity index is 1870. The molecule has 0 aliphatic rings. The van der Waals surface area contributed by atoms with Crippen molar-refractivity contribution in [1.29, 1.82) is 0 Å². The van der Waals surface area contributed by atoms with Crippen molar-refractivity contribution >= 4 is 46.2 Å². The molecule has 2 atom stereocenters. The molecule has 2 heterocycles.